The van der Waals surface area contributed by atoms with Crippen molar-refractivity contribution in [1.29, 1.82) is 0 Å². The van der Waals surface area contributed by atoms with Crippen molar-refractivity contribution < 1.29 is 58.3 Å². The molecule has 6 unspecified atom stereocenters. The Morgan fingerprint density at radius 3 is 1.41 bits per heavy atom. The second-order valence-electron chi connectivity index (χ2n) is 16.6. The predicted octanol–water partition coefficient (Wildman–Crippen LogP) is 10.5. The van der Waals surface area contributed by atoms with E-state index < -0.39 is 63.1 Å². The van der Waals surface area contributed by atoms with Crippen LogP contribution >= 0.6 is 7.82 Å². The normalized spacial score (nSPS) is 22.4. The highest BCUT2D eigenvalue weighted by molar-refractivity contribution is 7.47. The second-order valence-corrected chi connectivity index (χ2v) is 18.0. The van der Waals surface area contributed by atoms with Crippen molar-refractivity contribution in [2.24, 2.45) is 0 Å². The van der Waals surface area contributed by atoms with Gasteiger partial charge in [-0.05, 0) is 89.9 Å². The molecule has 1 rings (SSSR count). The van der Waals surface area contributed by atoms with Crippen molar-refractivity contribution in [3.63, 3.8) is 0 Å². The van der Waals surface area contributed by atoms with Gasteiger partial charge in [0.25, 0.3) is 0 Å². The van der Waals surface area contributed by atoms with Crippen LogP contribution in [0.4, 0.5) is 0 Å². The number of unbranched alkanes of at least 4 members (excludes halogenated alkanes) is 14. The molecular weight excluding hydrogens is 836 g/mol. The molecule has 12 nitrogen and oxygen atoms in total. The van der Waals surface area contributed by atoms with Crippen LogP contribution in [-0.4, -0.2) is 98.9 Å². The van der Waals surface area contributed by atoms with Gasteiger partial charge in [-0.3, -0.25) is 13.8 Å². The van der Waals surface area contributed by atoms with E-state index in [0.29, 0.717) is 13.0 Å². The van der Waals surface area contributed by atoms with Gasteiger partial charge >= 0.3 is 13.8 Å². The van der Waals surface area contributed by atoms with E-state index in [1.165, 1.54) is 19.3 Å². The van der Waals surface area contributed by atoms with E-state index in [-0.39, 0.29) is 13.0 Å². The van der Waals surface area contributed by atoms with E-state index in [4.69, 9.17) is 18.5 Å². The lowest BCUT2D eigenvalue weighted by molar-refractivity contribution is -0.220. The first-order chi connectivity index (χ1) is 31.0. The Morgan fingerprint density at radius 2 is 0.922 bits per heavy atom. The number of hydrogen-bond donors (Lipinski definition) is 6. The van der Waals surface area contributed by atoms with Crippen molar-refractivity contribution >= 4 is 13.8 Å². The summed E-state index contributed by atoms with van der Waals surface area (Å²) in [7, 11) is -5.03. The van der Waals surface area contributed by atoms with Crippen molar-refractivity contribution in [2.45, 2.75) is 211 Å². The van der Waals surface area contributed by atoms with Crippen molar-refractivity contribution in [1.82, 2.24) is 0 Å². The molecule has 0 radical (unpaired) electrons. The second kappa shape index (κ2) is 40.8. The molecule has 0 bridgehead atoms. The largest absolute Gasteiger partial charge is 0.472 e. The van der Waals surface area contributed by atoms with Gasteiger partial charge in [0.1, 0.15) is 42.7 Å². The maximum atomic E-state index is 12.8. The summed E-state index contributed by atoms with van der Waals surface area (Å²) in [6.07, 6.45) is 42.1. The van der Waals surface area contributed by atoms with Gasteiger partial charge in [-0.25, -0.2) is 4.57 Å². The van der Waals surface area contributed by atoms with Gasteiger partial charge in [0.05, 0.1) is 13.2 Å². The van der Waals surface area contributed by atoms with Gasteiger partial charge in [0.15, 0.2) is 0 Å². The summed E-state index contributed by atoms with van der Waals surface area (Å²) in [4.78, 5) is 23.2. The lowest BCUT2D eigenvalue weighted by Gasteiger charge is -2.41. The lowest BCUT2D eigenvalue weighted by Crippen LogP contribution is -2.64. The van der Waals surface area contributed by atoms with Gasteiger partial charge in [-0.2, -0.15) is 0 Å². The van der Waals surface area contributed by atoms with Crippen LogP contribution in [0.15, 0.2) is 85.1 Å². The molecule has 1 saturated carbocycles. The Morgan fingerprint density at radius 1 is 0.516 bits per heavy atom. The molecule has 6 N–H and O–H groups in total. The predicted molar refractivity (Wildman–Crippen MR) is 258 cm³/mol. The molecular formula is C51H87O12P. The highest BCUT2D eigenvalue weighted by Gasteiger charge is 2.51. The maximum Gasteiger partial charge on any atom is 0.472 e. The number of rotatable bonds is 40. The third-order valence-electron chi connectivity index (χ3n) is 10.8. The number of phosphoric ester groups is 1. The van der Waals surface area contributed by atoms with E-state index in [9.17, 15) is 39.8 Å². The third-order valence-corrected chi connectivity index (χ3v) is 11.7. The zero-order valence-electron chi connectivity index (χ0n) is 39.3. The molecule has 0 aromatic heterocycles. The fourth-order valence-corrected chi connectivity index (χ4v) is 7.85. The Balaban J connectivity index is 2.39. The van der Waals surface area contributed by atoms with Crippen LogP contribution in [0.2, 0.25) is 0 Å². The lowest BCUT2D eigenvalue weighted by atomic mass is 9.85. The maximum absolute atomic E-state index is 12.8. The fourth-order valence-electron chi connectivity index (χ4n) is 6.88. The summed E-state index contributed by atoms with van der Waals surface area (Å²) in [6.45, 7) is 4.06. The van der Waals surface area contributed by atoms with Crippen molar-refractivity contribution in [3.8, 4) is 0 Å². The summed E-state index contributed by atoms with van der Waals surface area (Å²) < 4.78 is 34.2. The molecule has 13 heteroatoms. The van der Waals surface area contributed by atoms with E-state index in [2.05, 4.69) is 98.9 Å². The van der Waals surface area contributed by atoms with Crippen LogP contribution in [0, 0.1) is 0 Å². The molecule has 1 aliphatic carbocycles. The molecule has 64 heavy (non-hydrogen) atoms. The van der Waals surface area contributed by atoms with Crippen molar-refractivity contribution in [2.75, 3.05) is 19.8 Å². The minimum Gasteiger partial charge on any atom is -0.457 e. The molecule has 0 aromatic carbocycles. The monoisotopic (exact) mass is 923 g/mol. The number of aliphatic hydroxyl groups excluding tert-OH is 5. The Hall–Kier alpha value is -2.48. The Labute approximate surface area is 386 Å². The van der Waals surface area contributed by atoms with E-state index >= 15 is 0 Å². The number of hydrogen-bond acceptors (Lipinski definition) is 11. The van der Waals surface area contributed by atoms with Crippen molar-refractivity contribution in [3.05, 3.63) is 85.1 Å². The Kier molecular flexibility index (Phi) is 37.9. The Bertz CT molecular complexity index is 1380. The number of carbonyl (C=O) groups is 1. The standard InChI is InChI=1S/C51H87O12P/c1-3-5-7-9-11-13-15-17-19-20-21-22-23-24-25-27-29-31-33-35-37-39-41-60-42-44(43-61-64(58,59)63-51-49(56)47(54)46(53)48(55)50(51)57)62-45(52)40-38-36-34-32-30-28-26-18-16-14-12-10-8-6-4-2/h5,7,11-14,17-19,21-22,24-26,44,46-51,53-57H,3-4,6,8-10,15-16,20,23,27-43H2,1-2H3,(H,58,59)/b7-5-,13-11-,14-12-,19-17-,22-21-,25-24-,26-18-. The number of ether oxygens (including phenoxy) is 2. The van der Waals surface area contributed by atoms with Gasteiger partial charge in [0, 0.05) is 13.0 Å². The summed E-state index contributed by atoms with van der Waals surface area (Å²) in [5, 5.41) is 50.2. The number of carbonyl (C=O) groups excluding carboxylic acids is 1. The number of allylic oxidation sites excluding steroid dienone is 14. The topological polar surface area (TPSA) is 192 Å². The molecule has 0 saturated heterocycles. The molecule has 368 valence electrons. The molecule has 0 amide bonds. The molecule has 0 heterocycles. The average Bonchev–Trinajstić information content (AvgIpc) is 3.28. The van der Waals surface area contributed by atoms with Crippen LogP contribution < -0.4 is 0 Å². The van der Waals surface area contributed by atoms with Gasteiger partial charge < -0.3 is 39.9 Å². The minimum atomic E-state index is -5.03. The quantitative estimate of drug-likeness (QED) is 0.0148. The molecule has 1 fully saturated rings. The van der Waals surface area contributed by atoms with Crippen LogP contribution in [-0.2, 0) is 27.9 Å². The first-order valence-corrected chi connectivity index (χ1v) is 25.9. The number of phosphoric acid groups is 1. The van der Waals surface area contributed by atoms with E-state index in [1.54, 1.807) is 0 Å². The first-order valence-electron chi connectivity index (χ1n) is 24.4. The SMILES string of the molecule is CC/C=C\C/C=C\C/C=C\C/C=C\C/C=C\CCCCCCCCOCC(COP(=O)(O)OC1C(O)C(O)C(O)C(O)C1O)OC(=O)CCCCCCC/C=C\C/C=C\CCCCC. The zero-order valence-corrected chi connectivity index (χ0v) is 40.2. The molecule has 0 aromatic rings. The summed E-state index contributed by atoms with van der Waals surface area (Å²) in [5.41, 5.74) is 0. The van der Waals surface area contributed by atoms with Crippen LogP contribution in [0.3, 0.4) is 0 Å². The van der Waals surface area contributed by atoms with Crippen LogP contribution in [0.1, 0.15) is 168 Å². The molecule has 0 aliphatic heterocycles. The zero-order chi connectivity index (χ0) is 46.9. The highest BCUT2D eigenvalue weighted by atomic mass is 31.2. The van der Waals surface area contributed by atoms with Gasteiger partial charge in [0.2, 0.25) is 0 Å². The van der Waals surface area contributed by atoms with Gasteiger partial charge in [-0.1, -0.05) is 157 Å². The average molecular weight is 923 g/mol. The number of aliphatic hydroxyl groups is 5. The van der Waals surface area contributed by atoms with E-state index in [1.807, 2.05) is 0 Å². The fraction of sp³-hybridized carbons (Fsp3) is 0.706. The van der Waals surface area contributed by atoms with Crippen LogP contribution in [0.25, 0.3) is 0 Å². The first kappa shape index (κ1) is 59.5. The summed E-state index contributed by atoms with van der Waals surface area (Å²) >= 11 is 0. The molecule has 0 spiro atoms. The van der Waals surface area contributed by atoms with Gasteiger partial charge in [-0.15, -0.1) is 0 Å². The summed E-state index contributed by atoms with van der Waals surface area (Å²) in [5.74, 6) is -0.500. The van der Waals surface area contributed by atoms with Crippen LogP contribution in [0.5, 0.6) is 0 Å². The minimum absolute atomic E-state index is 0.0978. The van der Waals surface area contributed by atoms with E-state index in [0.717, 1.165) is 122 Å². The third kappa shape index (κ3) is 32.2. The molecule has 6 atom stereocenters. The highest BCUT2D eigenvalue weighted by Crippen LogP contribution is 2.47. The summed E-state index contributed by atoms with van der Waals surface area (Å²) in [6, 6.07) is 0. The number of esters is 1. The molecule has 1 aliphatic rings. The smallest absolute Gasteiger partial charge is 0.457 e.